The Hall–Kier alpha value is -2.04. The topological polar surface area (TPSA) is 78.9 Å². The fraction of sp³-hybridized carbons (Fsp3) is 0.467. The Kier molecular flexibility index (Phi) is 5.55. The smallest absolute Gasteiger partial charge is 0.254 e. The van der Waals surface area contributed by atoms with Gasteiger partial charge in [0, 0.05) is 24.6 Å². The lowest BCUT2D eigenvalue weighted by Gasteiger charge is -2.28. The SMILES string of the molecule is Cc1cccc(C)c1C(=O)N(CC/C(N)=N/O)C(C)C. The molecule has 0 aliphatic heterocycles. The highest BCUT2D eigenvalue weighted by molar-refractivity contribution is 5.97. The first-order valence-electron chi connectivity index (χ1n) is 6.72. The molecule has 5 nitrogen and oxygen atoms in total. The second kappa shape index (κ2) is 6.93. The second-order valence-electron chi connectivity index (χ2n) is 5.20. The molecule has 0 radical (unpaired) electrons. The summed E-state index contributed by atoms with van der Waals surface area (Å²) in [7, 11) is 0. The number of hydrogen-bond acceptors (Lipinski definition) is 3. The second-order valence-corrected chi connectivity index (χ2v) is 5.20. The lowest BCUT2D eigenvalue weighted by molar-refractivity contribution is 0.0709. The summed E-state index contributed by atoms with van der Waals surface area (Å²) in [6.07, 6.45) is 0.353. The molecule has 0 fully saturated rings. The van der Waals surface area contributed by atoms with E-state index in [1.807, 2.05) is 45.9 Å². The van der Waals surface area contributed by atoms with Crippen LogP contribution < -0.4 is 5.73 Å². The van der Waals surface area contributed by atoms with E-state index in [-0.39, 0.29) is 17.8 Å². The van der Waals surface area contributed by atoms with Gasteiger partial charge in [0.05, 0.1) is 0 Å². The number of amides is 1. The highest BCUT2D eigenvalue weighted by Gasteiger charge is 2.21. The van der Waals surface area contributed by atoms with E-state index in [9.17, 15) is 4.79 Å². The van der Waals surface area contributed by atoms with Gasteiger partial charge < -0.3 is 15.8 Å². The number of nitrogens with zero attached hydrogens (tertiary/aromatic N) is 2. The van der Waals surface area contributed by atoms with Crippen LogP contribution in [0.5, 0.6) is 0 Å². The molecule has 0 unspecified atom stereocenters. The molecule has 0 aliphatic carbocycles. The average molecular weight is 277 g/mol. The third kappa shape index (κ3) is 3.73. The van der Waals surface area contributed by atoms with E-state index in [1.54, 1.807) is 4.90 Å². The molecule has 0 aromatic heterocycles. The van der Waals surface area contributed by atoms with Crippen molar-refractivity contribution in [3.8, 4) is 0 Å². The third-order valence-corrected chi connectivity index (χ3v) is 3.32. The molecule has 0 saturated carbocycles. The number of aryl methyl sites for hydroxylation is 2. The van der Waals surface area contributed by atoms with Crippen molar-refractivity contribution in [3.05, 3.63) is 34.9 Å². The zero-order chi connectivity index (χ0) is 15.3. The number of hydrogen-bond donors (Lipinski definition) is 2. The Morgan fingerprint density at radius 3 is 2.35 bits per heavy atom. The van der Waals surface area contributed by atoms with E-state index in [2.05, 4.69) is 5.16 Å². The van der Waals surface area contributed by atoms with Crippen LogP contribution >= 0.6 is 0 Å². The molecule has 0 atom stereocenters. The molecule has 1 aromatic rings. The van der Waals surface area contributed by atoms with Crippen LogP contribution in [0.3, 0.4) is 0 Å². The van der Waals surface area contributed by atoms with Gasteiger partial charge in [-0.1, -0.05) is 23.4 Å². The van der Waals surface area contributed by atoms with Gasteiger partial charge in [-0.3, -0.25) is 4.79 Å². The summed E-state index contributed by atoms with van der Waals surface area (Å²) in [4.78, 5) is 14.5. The molecule has 0 spiro atoms. The van der Waals surface area contributed by atoms with Gasteiger partial charge in [-0.2, -0.15) is 0 Å². The number of nitrogens with two attached hydrogens (primary N) is 1. The Morgan fingerprint density at radius 1 is 1.35 bits per heavy atom. The summed E-state index contributed by atoms with van der Waals surface area (Å²) < 4.78 is 0. The van der Waals surface area contributed by atoms with Crippen LogP contribution in [0.15, 0.2) is 23.4 Å². The van der Waals surface area contributed by atoms with E-state index in [1.165, 1.54) is 0 Å². The molecule has 1 rings (SSSR count). The molecule has 5 heteroatoms. The molecule has 3 N–H and O–H groups in total. The van der Waals surface area contributed by atoms with Crippen molar-refractivity contribution in [2.75, 3.05) is 6.54 Å². The van der Waals surface area contributed by atoms with Crippen molar-refractivity contribution in [3.63, 3.8) is 0 Å². The van der Waals surface area contributed by atoms with Crippen LogP contribution in [0.1, 0.15) is 41.8 Å². The van der Waals surface area contributed by atoms with Gasteiger partial charge in [0.25, 0.3) is 5.91 Å². The predicted octanol–water partition coefficient (Wildman–Crippen LogP) is 2.29. The fourth-order valence-corrected chi connectivity index (χ4v) is 2.17. The normalized spacial score (nSPS) is 11.8. The maximum atomic E-state index is 12.7. The molecule has 1 aromatic carbocycles. The Morgan fingerprint density at radius 2 is 1.90 bits per heavy atom. The quantitative estimate of drug-likeness (QED) is 0.375. The highest BCUT2D eigenvalue weighted by Crippen LogP contribution is 2.17. The van der Waals surface area contributed by atoms with Gasteiger partial charge in [-0.05, 0) is 38.8 Å². The summed E-state index contributed by atoms with van der Waals surface area (Å²) in [6.45, 7) is 8.21. The zero-order valence-corrected chi connectivity index (χ0v) is 12.6. The van der Waals surface area contributed by atoms with Gasteiger partial charge >= 0.3 is 0 Å². The van der Waals surface area contributed by atoms with Crippen LogP contribution in [0, 0.1) is 13.8 Å². The molecule has 0 heterocycles. The minimum absolute atomic E-state index is 0.0126. The molecule has 1 amide bonds. The molecule has 0 bridgehead atoms. The van der Waals surface area contributed by atoms with Crippen molar-refractivity contribution in [2.24, 2.45) is 10.9 Å². The number of benzene rings is 1. The first-order chi connectivity index (χ1) is 9.38. The summed E-state index contributed by atoms with van der Waals surface area (Å²) in [5.41, 5.74) is 8.14. The lowest BCUT2D eigenvalue weighted by atomic mass is 10.0. The number of oxime groups is 1. The van der Waals surface area contributed by atoms with Crippen molar-refractivity contribution < 1.29 is 10.0 Å². The number of carbonyl (C=O) groups is 1. The standard InChI is InChI=1S/C15H23N3O2/c1-10(2)18(9-8-13(16)17-20)15(19)14-11(3)6-5-7-12(14)4/h5-7,10,20H,8-9H2,1-4H3,(H2,16,17). The minimum atomic E-state index is -0.0126. The molecular weight excluding hydrogens is 254 g/mol. The molecule has 110 valence electrons. The van der Waals surface area contributed by atoms with Crippen molar-refractivity contribution in [1.29, 1.82) is 0 Å². The monoisotopic (exact) mass is 277 g/mol. The minimum Gasteiger partial charge on any atom is -0.409 e. The number of rotatable bonds is 5. The Bertz CT molecular complexity index is 490. The van der Waals surface area contributed by atoms with Gasteiger partial charge in [0.2, 0.25) is 0 Å². The predicted molar refractivity (Wildman–Crippen MR) is 80.1 cm³/mol. The molecule has 20 heavy (non-hydrogen) atoms. The first-order valence-corrected chi connectivity index (χ1v) is 6.72. The Balaban J connectivity index is 3.00. The van der Waals surface area contributed by atoms with Crippen molar-refractivity contribution in [1.82, 2.24) is 4.90 Å². The molecular formula is C15H23N3O2. The lowest BCUT2D eigenvalue weighted by Crippen LogP contribution is -2.39. The number of carbonyl (C=O) groups excluding carboxylic acids is 1. The van der Waals surface area contributed by atoms with E-state index in [0.717, 1.165) is 16.7 Å². The first kappa shape index (κ1) is 16.0. The highest BCUT2D eigenvalue weighted by atomic mass is 16.4. The van der Waals surface area contributed by atoms with Crippen LogP contribution in [-0.4, -0.2) is 34.4 Å². The van der Waals surface area contributed by atoms with Crippen LogP contribution in [0.4, 0.5) is 0 Å². The third-order valence-electron chi connectivity index (χ3n) is 3.32. The van der Waals surface area contributed by atoms with Crippen molar-refractivity contribution >= 4 is 11.7 Å². The zero-order valence-electron chi connectivity index (χ0n) is 12.6. The summed E-state index contributed by atoms with van der Waals surface area (Å²) in [5.74, 6) is 0.117. The fourth-order valence-electron chi connectivity index (χ4n) is 2.17. The number of amidine groups is 1. The van der Waals surface area contributed by atoms with Gasteiger partial charge in [-0.15, -0.1) is 0 Å². The summed E-state index contributed by atoms with van der Waals surface area (Å²) in [6, 6.07) is 5.86. The van der Waals surface area contributed by atoms with Gasteiger partial charge in [0.15, 0.2) is 0 Å². The van der Waals surface area contributed by atoms with Crippen molar-refractivity contribution in [2.45, 2.75) is 40.2 Å². The van der Waals surface area contributed by atoms with Gasteiger partial charge in [-0.25, -0.2) is 0 Å². The van der Waals surface area contributed by atoms with Crippen LogP contribution in [0.25, 0.3) is 0 Å². The molecule has 0 saturated heterocycles. The van der Waals surface area contributed by atoms with E-state index in [0.29, 0.717) is 13.0 Å². The van der Waals surface area contributed by atoms with Crippen LogP contribution in [0.2, 0.25) is 0 Å². The average Bonchev–Trinajstić information content (AvgIpc) is 2.38. The van der Waals surface area contributed by atoms with E-state index < -0.39 is 0 Å². The van der Waals surface area contributed by atoms with E-state index in [4.69, 9.17) is 10.9 Å². The Labute approximate surface area is 120 Å². The molecule has 0 aliphatic rings. The summed E-state index contributed by atoms with van der Waals surface area (Å²) in [5, 5.41) is 11.5. The van der Waals surface area contributed by atoms with E-state index >= 15 is 0 Å². The van der Waals surface area contributed by atoms with Crippen LogP contribution in [-0.2, 0) is 0 Å². The maximum absolute atomic E-state index is 12.7. The maximum Gasteiger partial charge on any atom is 0.254 e. The summed E-state index contributed by atoms with van der Waals surface area (Å²) >= 11 is 0. The largest absolute Gasteiger partial charge is 0.409 e. The van der Waals surface area contributed by atoms with Gasteiger partial charge in [0.1, 0.15) is 5.84 Å².